The molecule has 0 aliphatic rings. The molecule has 0 saturated carbocycles. The number of pyridine rings is 1. The lowest BCUT2D eigenvalue weighted by atomic mass is 10.2. The fraction of sp³-hybridized carbons (Fsp3) is 0.333. The van der Waals surface area contributed by atoms with Crippen LogP contribution in [0.5, 0.6) is 0 Å². The van der Waals surface area contributed by atoms with Crippen molar-refractivity contribution < 1.29 is 4.39 Å². The van der Waals surface area contributed by atoms with Crippen molar-refractivity contribution in [2.24, 2.45) is 4.99 Å². The predicted molar refractivity (Wildman–Crippen MR) is 115 cm³/mol. The molecule has 25 heavy (non-hydrogen) atoms. The molecule has 7 heteroatoms. The van der Waals surface area contributed by atoms with E-state index in [2.05, 4.69) is 20.6 Å². The number of aromatic nitrogens is 1. The summed E-state index contributed by atoms with van der Waals surface area (Å²) in [4.78, 5) is 8.48. The maximum atomic E-state index is 13.5. The number of aliphatic imine (C=N–C) groups is 1. The highest BCUT2D eigenvalue weighted by molar-refractivity contribution is 14.0. The van der Waals surface area contributed by atoms with E-state index in [-0.39, 0.29) is 29.8 Å². The third kappa shape index (κ3) is 8.53. The minimum absolute atomic E-state index is 0. The topological polar surface area (TPSA) is 49.3 Å². The standard InChI is InChI=1S/C18H23FN4S.HI/c1-20-18(22-11-9-16-7-4-5-10-21-16)23-12-13-24-14-15-6-2-3-8-17(15)19;/h2-8,10H,9,11-14H2,1H3,(H2,20,22,23);1H. The SMILES string of the molecule is CN=C(NCCSCc1ccccc1F)NCCc1ccccn1.I. The number of hydrogen-bond donors (Lipinski definition) is 2. The molecule has 0 unspecified atom stereocenters. The summed E-state index contributed by atoms with van der Waals surface area (Å²) >= 11 is 1.70. The van der Waals surface area contributed by atoms with Crippen molar-refractivity contribution in [2.75, 3.05) is 25.9 Å². The van der Waals surface area contributed by atoms with Crippen LogP contribution in [0.25, 0.3) is 0 Å². The van der Waals surface area contributed by atoms with Crippen molar-refractivity contribution in [2.45, 2.75) is 12.2 Å². The molecule has 0 atom stereocenters. The minimum Gasteiger partial charge on any atom is -0.356 e. The van der Waals surface area contributed by atoms with Crippen molar-refractivity contribution in [1.82, 2.24) is 15.6 Å². The Hall–Kier alpha value is -1.35. The van der Waals surface area contributed by atoms with E-state index >= 15 is 0 Å². The number of nitrogens with one attached hydrogen (secondary N) is 2. The summed E-state index contributed by atoms with van der Waals surface area (Å²) in [5.74, 6) is 2.21. The van der Waals surface area contributed by atoms with Crippen molar-refractivity contribution in [1.29, 1.82) is 0 Å². The van der Waals surface area contributed by atoms with Gasteiger partial charge in [-0.1, -0.05) is 24.3 Å². The largest absolute Gasteiger partial charge is 0.356 e. The molecule has 0 aliphatic carbocycles. The van der Waals surface area contributed by atoms with E-state index in [1.807, 2.05) is 30.3 Å². The number of rotatable bonds is 8. The van der Waals surface area contributed by atoms with Gasteiger partial charge >= 0.3 is 0 Å². The van der Waals surface area contributed by atoms with Gasteiger partial charge < -0.3 is 10.6 Å². The molecule has 0 saturated heterocycles. The molecule has 1 aromatic carbocycles. The highest BCUT2D eigenvalue weighted by atomic mass is 127. The first-order valence-corrected chi connectivity index (χ1v) is 9.10. The fourth-order valence-electron chi connectivity index (χ4n) is 2.11. The highest BCUT2D eigenvalue weighted by Gasteiger charge is 2.01. The molecule has 1 aromatic heterocycles. The molecule has 0 radical (unpaired) electrons. The average molecular weight is 474 g/mol. The number of thioether (sulfide) groups is 1. The summed E-state index contributed by atoms with van der Waals surface area (Å²) in [6.07, 6.45) is 2.65. The normalized spacial score (nSPS) is 10.9. The van der Waals surface area contributed by atoms with Gasteiger partial charge in [0.2, 0.25) is 0 Å². The average Bonchev–Trinajstić information content (AvgIpc) is 2.62. The van der Waals surface area contributed by atoms with Crippen LogP contribution < -0.4 is 10.6 Å². The Morgan fingerprint density at radius 1 is 1.12 bits per heavy atom. The highest BCUT2D eigenvalue weighted by Crippen LogP contribution is 2.14. The van der Waals surface area contributed by atoms with Crippen molar-refractivity contribution in [3.05, 3.63) is 65.7 Å². The van der Waals surface area contributed by atoms with E-state index in [4.69, 9.17) is 0 Å². The summed E-state index contributed by atoms with van der Waals surface area (Å²) < 4.78 is 13.5. The second-order valence-electron chi connectivity index (χ2n) is 5.14. The van der Waals surface area contributed by atoms with Gasteiger partial charge in [0.1, 0.15) is 5.82 Å². The molecular weight excluding hydrogens is 450 g/mol. The number of nitrogens with zero attached hydrogens (tertiary/aromatic N) is 2. The van der Waals surface area contributed by atoms with Gasteiger partial charge in [-0.05, 0) is 23.8 Å². The molecule has 136 valence electrons. The Morgan fingerprint density at radius 2 is 1.88 bits per heavy atom. The van der Waals surface area contributed by atoms with Gasteiger partial charge in [0.25, 0.3) is 0 Å². The Morgan fingerprint density at radius 3 is 2.60 bits per heavy atom. The van der Waals surface area contributed by atoms with Crippen LogP contribution in [0.1, 0.15) is 11.3 Å². The van der Waals surface area contributed by atoms with Crippen LogP contribution in [0.4, 0.5) is 4.39 Å². The molecule has 2 aromatic rings. The smallest absolute Gasteiger partial charge is 0.191 e. The summed E-state index contributed by atoms with van der Waals surface area (Å²) in [6, 6.07) is 12.8. The monoisotopic (exact) mass is 474 g/mol. The zero-order valence-electron chi connectivity index (χ0n) is 14.2. The lowest BCUT2D eigenvalue weighted by Crippen LogP contribution is -2.39. The maximum absolute atomic E-state index is 13.5. The lowest BCUT2D eigenvalue weighted by Gasteiger charge is -2.11. The molecule has 0 fully saturated rings. The summed E-state index contributed by atoms with van der Waals surface area (Å²) in [5, 5.41) is 6.53. The van der Waals surface area contributed by atoms with Crippen LogP contribution in [-0.2, 0) is 12.2 Å². The van der Waals surface area contributed by atoms with Gasteiger partial charge in [0, 0.05) is 50.0 Å². The van der Waals surface area contributed by atoms with Gasteiger partial charge in [-0.25, -0.2) is 4.39 Å². The first kappa shape index (κ1) is 21.7. The predicted octanol–water partition coefficient (Wildman–Crippen LogP) is 3.48. The molecule has 2 N–H and O–H groups in total. The summed E-state index contributed by atoms with van der Waals surface area (Å²) in [7, 11) is 1.75. The van der Waals surface area contributed by atoms with Crippen LogP contribution in [0.2, 0.25) is 0 Å². The molecular formula is C18H24FIN4S. The summed E-state index contributed by atoms with van der Waals surface area (Å²) in [6.45, 7) is 1.56. The van der Waals surface area contributed by atoms with E-state index in [1.165, 1.54) is 6.07 Å². The molecule has 1 heterocycles. The number of hydrogen-bond acceptors (Lipinski definition) is 3. The second-order valence-corrected chi connectivity index (χ2v) is 6.25. The quantitative estimate of drug-likeness (QED) is 0.266. The number of guanidine groups is 1. The fourth-order valence-corrected chi connectivity index (χ4v) is 2.96. The van der Waals surface area contributed by atoms with Crippen molar-refractivity contribution >= 4 is 41.7 Å². The molecule has 0 amide bonds. The van der Waals surface area contributed by atoms with Gasteiger partial charge in [-0.2, -0.15) is 11.8 Å². The number of halogens is 2. The van der Waals surface area contributed by atoms with Crippen molar-refractivity contribution in [3.63, 3.8) is 0 Å². The minimum atomic E-state index is -0.134. The zero-order valence-corrected chi connectivity index (χ0v) is 17.4. The third-order valence-corrected chi connectivity index (χ3v) is 4.39. The van der Waals surface area contributed by atoms with E-state index in [9.17, 15) is 4.39 Å². The van der Waals surface area contributed by atoms with Crippen LogP contribution in [0, 0.1) is 5.82 Å². The molecule has 0 bridgehead atoms. The van der Waals surface area contributed by atoms with Gasteiger partial charge in [0.15, 0.2) is 5.96 Å². The van der Waals surface area contributed by atoms with Gasteiger partial charge in [-0.3, -0.25) is 9.98 Å². The zero-order chi connectivity index (χ0) is 17.0. The molecule has 2 rings (SSSR count). The van der Waals surface area contributed by atoms with E-state index < -0.39 is 0 Å². The Balaban J connectivity index is 0.00000312. The lowest BCUT2D eigenvalue weighted by molar-refractivity contribution is 0.617. The van der Waals surface area contributed by atoms with Gasteiger partial charge in [-0.15, -0.1) is 24.0 Å². The van der Waals surface area contributed by atoms with E-state index in [0.29, 0.717) is 5.75 Å². The third-order valence-electron chi connectivity index (χ3n) is 3.38. The van der Waals surface area contributed by atoms with E-state index in [0.717, 1.165) is 42.5 Å². The summed E-state index contributed by atoms with van der Waals surface area (Å²) in [5.41, 5.74) is 1.81. The Kier molecular flexibility index (Phi) is 11.2. The van der Waals surface area contributed by atoms with E-state index in [1.54, 1.807) is 31.1 Å². The Labute approximate surface area is 170 Å². The maximum Gasteiger partial charge on any atom is 0.191 e. The Bertz CT molecular complexity index is 640. The van der Waals surface area contributed by atoms with Crippen LogP contribution in [-0.4, -0.2) is 36.8 Å². The van der Waals surface area contributed by atoms with Crippen LogP contribution in [0.3, 0.4) is 0 Å². The number of benzene rings is 1. The molecule has 0 aliphatic heterocycles. The first-order valence-electron chi connectivity index (χ1n) is 7.95. The molecule has 0 spiro atoms. The van der Waals surface area contributed by atoms with Crippen LogP contribution in [0.15, 0.2) is 53.7 Å². The van der Waals surface area contributed by atoms with Gasteiger partial charge in [0.05, 0.1) is 0 Å². The molecule has 4 nitrogen and oxygen atoms in total. The van der Waals surface area contributed by atoms with Crippen LogP contribution >= 0.6 is 35.7 Å². The van der Waals surface area contributed by atoms with Crippen molar-refractivity contribution in [3.8, 4) is 0 Å². The first-order chi connectivity index (χ1) is 11.8. The second kappa shape index (κ2) is 12.9.